The van der Waals surface area contributed by atoms with Crippen LogP contribution in [0.4, 0.5) is 11.4 Å². The van der Waals surface area contributed by atoms with E-state index in [0.29, 0.717) is 5.56 Å². The smallest absolute Gasteiger partial charge is 0.327 e. The minimum absolute atomic E-state index is 0.0187. The highest BCUT2D eigenvalue weighted by Gasteiger charge is 2.37. The molecule has 0 aliphatic carbocycles. The Labute approximate surface area is 195 Å². The third-order valence-corrected chi connectivity index (χ3v) is 7.56. The van der Waals surface area contributed by atoms with Crippen LogP contribution < -0.4 is 4.31 Å². The van der Waals surface area contributed by atoms with Gasteiger partial charge in [0.05, 0.1) is 15.5 Å². The van der Waals surface area contributed by atoms with Gasteiger partial charge in [-0.3, -0.25) is 14.4 Å². The predicted octanol–water partition coefficient (Wildman–Crippen LogP) is 5.63. The number of aliphatic carboxylic acids is 1. The van der Waals surface area contributed by atoms with Gasteiger partial charge >= 0.3 is 5.97 Å². The molecule has 0 radical (unpaired) electrons. The lowest BCUT2D eigenvalue weighted by atomic mass is 9.83. The summed E-state index contributed by atoms with van der Waals surface area (Å²) in [6.45, 7) is 13.1. The summed E-state index contributed by atoms with van der Waals surface area (Å²) in [4.78, 5) is 22.6. The second-order valence-corrected chi connectivity index (χ2v) is 10.8. The van der Waals surface area contributed by atoms with Crippen LogP contribution in [0.25, 0.3) is 0 Å². The van der Waals surface area contributed by atoms with Crippen LogP contribution >= 0.6 is 0 Å². The largest absolute Gasteiger partial charge is 0.480 e. The molecule has 0 spiro atoms. The molecule has 0 bridgehead atoms. The molecule has 8 nitrogen and oxygen atoms in total. The van der Waals surface area contributed by atoms with Gasteiger partial charge < -0.3 is 5.11 Å². The first-order valence-corrected chi connectivity index (χ1v) is 12.3. The maximum atomic E-state index is 14.0. The second-order valence-electron chi connectivity index (χ2n) is 9.04. The van der Waals surface area contributed by atoms with Crippen LogP contribution in [0.1, 0.15) is 82.9 Å². The molecule has 1 atom stereocenters. The molecular formula is C24H32N2O6S. The van der Waals surface area contributed by atoms with E-state index in [1.54, 1.807) is 6.07 Å². The van der Waals surface area contributed by atoms with E-state index >= 15 is 0 Å². The number of carboxylic acid groups (broad SMARTS) is 1. The van der Waals surface area contributed by atoms with E-state index in [2.05, 4.69) is 0 Å². The van der Waals surface area contributed by atoms with Crippen molar-refractivity contribution < 1.29 is 23.2 Å². The molecule has 0 aliphatic heterocycles. The summed E-state index contributed by atoms with van der Waals surface area (Å²) in [6, 6.07) is 6.86. The molecule has 2 rings (SSSR count). The van der Waals surface area contributed by atoms with Gasteiger partial charge in [0.2, 0.25) is 0 Å². The fourth-order valence-electron chi connectivity index (χ4n) is 4.12. The molecule has 0 amide bonds. The first-order valence-electron chi connectivity index (χ1n) is 10.9. The van der Waals surface area contributed by atoms with E-state index in [0.717, 1.165) is 21.5 Å². The Morgan fingerprint density at radius 1 is 0.939 bits per heavy atom. The number of non-ortho nitro benzene ring substituents is 1. The summed E-state index contributed by atoms with van der Waals surface area (Å²) < 4.78 is 28.8. The van der Waals surface area contributed by atoms with E-state index < -0.39 is 27.0 Å². The molecule has 1 N–H and O–H groups in total. The number of rotatable bonds is 9. The van der Waals surface area contributed by atoms with Crippen LogP contribution in [0.15, 0.2) is 41.3 Å². The molecule has 0 fully saturated rings. The number of nitrogens with zero attached hydrogens (tertiary/aromatic N) is 2. The Balaban J connectivity index is 2.92. The highest BCUT2D eigenvalue weighted by molar-refractivity contribution is 7.93. The second kappa shape index (κ2) is 9.91. The lowest BCUT2D eigenvalue weighted by molar-refractivity contribution is -0.384. The molecule has 180 valence electrons. The molecule has 0 unspecified atom stereocenters. The van der Waals surface area contributed by atoms with Crippen molar-refractivity contribution in [2.75, 3.05) is 4.31 Å². The lowest BCUT2D eigenvalue weighted by Gasteiger charge is -2.31. The quantitative estimate of drug-likeness (QED) is 0.370. The van der Waals surface area contributed by atoms with Crippen molar-refractivity contribution in [3.05, 3.63) is 63.2 Å². The Bertz CT molecular complexity index is 1160. The van der Waals surface area contributed by atoms with E-state index in [4.69, 9.17) is 0 Å². The van der Waals surface area contributed by atoms with Crippen LogP contribution in [-0.4, -0.2) is 30.5 Å². The fourth-order valence-corrected chi connectivity index (χ4v) is 6.10. The van der Waals surface area contributed by atoms with Crippen molar-refractivity contribution >= 4 is 27.4 Å². The van der Waals surface area contributed by atoms with Crippen molar-refractivity contribution in [2.24, 2.45) is 0 Å². The number of hydrogen-bond donors (Lipinski definition) is 1. The molecule has 9 heteroatoms. The van der Waals surface area contributed by atoms with Crippen LogP contribution in [0.2, 0.25) is 0 Å². The van der Waals surface area contributed by atoms with Gasteiger partial charge in [0.1, 0.15) is 6.04 Å². The van der Waals surface area contributed by atoms with Crippen molar-refractivity contribution in [1.82, 2.24) is 0 Å². The first-order chi connectivity index (χ1) is 15.2. The minimum Gasteiger partial charge on any atom is -0.480 e. The standard InChI is InChI=1S/C24H32N2O6S/c1-14(2)20-11-12-21(23(16(5)6)22(20)15(3)4)33(31,32)25(17(7)24(27)28)18-9-8-10-19(13-18)26(29)30/h8-17H,1-7H3,(H,27,28)/t17-/m0/s1. The van der Waals surface area contributed by atoms with Crippen molar-refractivity contribution in [3.8, 4) is 0 Å². The molecule has 2 aromatic carbocycles. The minimum atomic E-state index is -4.39. The van der Waals surface area contributed by atoms with Gasteiger partial charge in [-0.2, -0.15) is 0 Å². The number of carboxylic acids is 1. The topological polar surface area (TPSA) is 118 Å². The maximum absolute atomic E-state index is 14.0. The summed E-state index contributed by atoms with van der Waals surface area (Å²) >= 11 is 0. The van der Waals surface area contributed by atoms with Crippen LogP contribution in [0, 0.1) is 10.1 Å². The van der Waals surface area contributed by atoms with E-state index in [9.17, 15) is 28.4 Å². The Kier molecular flexibility index (Phi) is 7.90. The number of carbonyl (C=O) groups is 1. The SMILES string of the molecule is CC(C)c1ccc(S(=O)(=O)N(c2cccc([N+](=O)[O-])c2)[C@@H](C)C(=O)O)c(C(C)C)c1C(C)C. The number of nitro benzene ring substituents is 1. The molecule has 2 aromatic rings. The van der Waals surface area contributed by atoms with Gasteiger partial charge in [-0.1, -0.05) is 53.7 Å². The van der Waals surface area contributed by atoms with Crippen molar-refractivity contribution in [3.63, 3.8) is 0 Å². The van der Waals surface area contributed by atoms with Gasteiger partial charge in [-0.05, 0) is 53.5 Å². The van der Waals surface area contributed by atoms with Crippen LogP contribution in [-0.2, 0) is 14.8 Å². The molecule has 0 aliphatic rings. The molecule has 0 heterocycles. The third kappa shape index (κ3) is 5.19. The molecule has 0 aromatic heterocycles. The number of hydrogen-bond acceptors (Lipinski definition) is 5. The molecular weight excluding hydrogens is 444 g/mol. The Morgan fingerprint density at radius 2 is 1.52 bits per heavy atom. The molecule has 0 saturated heterocycles. The zero-order valence-electron chi connectivity index (χ0n) is 20.1. The normalized spacial score (nSPS) is 12.9. The average molecular weight is 477 g/mol. The van der Waals surface area contributed by atoms with Gasteiger partial charge in [0.25, 0.3) is 15.7 Å². The monoisotopic (exact) mass is 476 g/mol. The van der Waals surface area contributed by atoms with E-state index in [1.807, 2.05) is 41.5 Å². The van der Waals surface area contributed by atoms with Gasteiger partial charge in [-0.15, -0.1) is 0 Å². The predicted molar refractivity (Wildman–Crippen MR) is 129 cm³/mol. The lowest BCUT2D eigenvalue weighted by Crippen LogP contribution is -2.44. The first kappa shape index (κ1) is 26.3. The highest BCUT2D eigenvalue weighted by Crippen LogP contribution is 2.40. The van der Waals surface area contributed by atoms with Gasteiger partial charge in [-0.25, -0.2) is 13.2 Å². The maximum Gasteiger partial charge on any atom is 0.327 e. The highest BCUT2D eigenvalue weighted by atomic mass is 32.2. The Morgan fingerprint density at radius 3 is 1.97 bits per heavy atom. The number of anilines is 1. The average Bonchev–Trinajstić information content (AvgIpc) is 2.72. The fraction of sp³-hybridized carbons (Fsp3) is 0.458. The summed E-state index contributed by atoms with van der Waals surface area (Å²) in [6.07, 6.45) is 0. The molecule has 33 heavy (non-hydrogen) atoms. The summed E-state index contributed by atoms with van der Waals surface area (Å²) in [7, 11) is -4.39. The van der Waals surface area contributed by atoms with Crippen molar-refractivity contribution in [2.45, 2.75) is 77.2 Å². The van der Waals surface area contributed by atoms with Crippen LogP contribution in [0.3, 0.4) is 0 Å². The molecule has 0 saturated carbocycles. The van der Waals surface area contributed by atoms with Crippen molar-refractivity contribution in [1.29, 1.82) is 0 Å². The number of nitro groups is 1. The summed E-state index contributed by atoms with van der Waals surface area (Å²) in [5.74, 6) is -1.31. The number of benzene rings is 2. The Hall–Kier alpha value is -2.94. The zero-order valence-corrected chi connectivity index (χ0v) is 20.9. The van der Waals surface area contributed by atoms with E-state index in [-0.39, 0.29) is 34.0 Å². The van der Waals surface area contributed by atoms with E-state index in [1.165, 1.54) is 31.2 Å². The third-order valence-electron chi connectivity index (χ3n) is 5.60. The van der Waals surface area contributed by atoms with Gasteiger partial charge in [0.15, 0.2) is 0 Å². The zero-order chi connectivity index (χ0) is 25.2. The van der Waals surface area contributed by atoms with Crippen LogP contribution in [0.5, 0.6) is 0 Å². The van der Waals surface area contributed by atoms with Gasteiger partial charge in [0, 0.05) is 12.1 Å². The summed E-state index contributed by atoms with van der Waals surface area (Å²) in [5.41, 5.74) is 2.22. The number of sulfonamides is 1. The summed E-state index contributed by atoms with van der Waals surface area (Å²) in [5, 5.41) is 21.0.